The third-order valence-corrected chi connectivity index (χ3v) is 4.50. The number of rotatable bonds is 11. The highest BCUT2D eigenvalue weighted by Crippen LogP contribution is 2.26. The fraction of sp³-hybridized carbons (Fsp3) is 0.833. The van der Waals surface area contributed by atoms with E-state index in [0.29, 0.717) is 6.54 Å². The zero-order valence-electron chi connectivity index (χ0n) is 14.9. The Balaban J connectivity index is 2.16. The molecule has 1 N–H and O–H groups in total. The van der Waals surface area contributed by atoms with Crippen LogP contribution in [0.5, 0.6) is 0 Å². The molecule has 1 fully saturated rings. The molecule has 132 valence electrons. The van der Waals surface area contributed by atoms with E-state index in [9.17, 15) is 14.4 Å². The SMILES string of the molecule is CCCCCCCCNC(=O)CCN1C(=O)CC(C(C)C)C1=O. The molecule has 0 bridgehead atoms. The molecule has 23 heavy (non-hydrogen) atoms. The Kier molecular flexibility index (Phi) is 8.89. The van der Waals surface area contributed by atoms with Crippen LogP contribution >= 0.6 is 0 Å². The van der Waals surface area contributed by atoms with Gasteiger partial charge in [0, 0.05) is 31.8 Å². The second kappa shape index (κ2) is 10.4. The van der Waals surface area contributed by atoms with E-state index < -0.39 is 0 Å². The molecule has 1 saturated heterocycles. The van der Waals surface area contributed by atoms with E-state index in [4.69, 9.17) is 0 Å². The predicted octanol–water partition coefficient (Wildman–Crippen LogP) is 2.88. The minimum absolute atomic E-state index is 0.0767. The predicted molar refractivity (Wildman–Crippen MR) is 90.7 cm³/mol. The van der Waals surface area contributed by atoms with Gasteiger partial charge < -0.3 is 5.32 Å². The number of amides is 3. The average Bonchev–Trinajstić information content (AvgIpc) is 2.79. The van der Waals surface area contributed by atoms with Crippen LogP contribution in [0.1, 0.15) is 72.1 Å². The van der Waals surface area contributed by atoms with Gasteiger partial charge in [0.15, 0.2) is 0 Å². The minimum Gasteiger partial charge on any atom is -0.356 e. The molecular weight excluding hydrogens is 292 g/mol. The molecule has 5 heteroatoms. The van der Waals surface area contributed by atoms with Crippen molar-refractivity contribution in [1.82, 2.24) is 10.2 Å². The Morgan fingerprint density at radius 1 is 1.17 bits per heavy atom. The molecule has 1 heterocycles. The van der Waals surface area contributed by atoms with Gasteiger partial charge in [-0.3, -0.25) is 19.3 Å². The van der Waals surface area contributed by atoms with E-state index in [1.807, 2.05) is 13.8 Å². The zero-order valence-corrected chi connectivity index (χ0v) is 14.9. The fourth-order valence-corrected chi connectivity index (χ4v) is 2.90. The summed E-state index contributed by atoms with van der Waals surface area (Å²) in [6.45, 7) is 6.99. The van der Waals surface area contributed by atoms with Gasteiger partial charge in [0.25, 0.3) is 0 Å². The number of imide groups is 1. The van der Waals surface area contributed by atoms with Crippen molar-refractivity contribution in [2.45, 2.75) is 72.1 Å². The molecule has 0 radical (unpaired) electrons. The second-order valence-corrected chi connectivity index (χ2v) is 6.81. The Bertz CT molecular complexity index is 407. The van der Waals surface area contributed by atoms with Crippen LogP contribution in [0.2, 0.25) is 0 Å². The van der Waals surface area contributed by atoms with Crippen molar-refractivity contribution in [3.63, 3.8) is 0 Å². The van der Waals surface area contributed by atoms with Gasteiger partial charge in [0.1, 0.15) is 0 Å². The highest BCUT2D eigenvalue weighted by molar-refractivity contribution is 6.03. The lowest BCUT2D eigenvalue weighted by Crippen LogP contribution is -2.35. The summed E-state index contributed by atoms with van der Waals surface area (Å²) in [6, 6.07) is 0. The molecule has 1 aliphatic heterocycles. The number of likely N-dealkylation sites (tertiary alicyclic amines) is 1. The van der Waals surface area contributed by atoms with E-state index in [1.165, 1.54) is 30.6 Å². The van der Waals surface area contributed by atoms with Gasteiger partial charge in [-0.05, 0) is 12.3 Å². The van der Waals surface area contributed by atoms with Crippen molar-refractivity contribution in [1.29, 1.82) is 0 Å². The lowest BCUT2D eigenvalue weighted by molar-refractivity contribution is -0.140. The highest BCUT2D eigenvalue weighted by Gasteiger charge is 2.39. The van der Waals surface area contributed by atoms with Gasteiger partial charge >= 0.3 is 0 Å². The standard InChI is InChI=1S/C18H32N2O3/c1-4-5-6-7-8-9-11-19-16(21)10-12-20-17(22)13-15(14(2)3)18(20)23/h14-15H,4-13H2,1-3H3,(H,19,21). The van der Waals surface area contributed by atoms with Crippen LogP contribution in [0.3, 0.4) is 0 Å². The van der Waals surface area contributed by atoms with Crippen LogP contribution in [0.15, 0.2) is 0 Å². The van der Waals surface area contributed by atoms with Crippen LogP contribution in [0.25, 0.3) is 0 Å². The van der Waals surface area contributed by atoms with Crippen molar-refractivity contribution in [3.05, 3.63) is 0 Å². The fourth-order valence-electron chi connectivity index (χ4n) is 2.90. The van der Waals surface area contributed by atoms with Crippen molar-refractivity contribution in [3.8, 4) is 0 Å². The van der Waals surface area contributed by atoms with Gasteiger partial charge in [0.05, 0.1) is 0 Å². The first kappa shape index (κ1) is 19.7. The minimum atomic E-state index is -0.214. The number of unbranched alkanes of at least 4 members (excludes halogenated alkanes) is 5. The van der Waals surface area contributed by atoms with E-state index in [0.717, 1.165) is 12.8 Å². The van der Waals surface area contributed by atoms with Crippen LogP contribution in [-0.2, 0) is 14.4 Å². The average molecular weight is 324 g/mol. The number of nitrogens with zero attached hydrogens (tertiary/aromatic N) is 1. The monoisotopic (exact) mass is 324 g/mol. The topological polar surface area (TPSA) is 66.5 Å². The summed E-state index contributed by atoms with van der Waals surface area (Å²) in [7, 11) is 0. The lowest BCUT2D eigenvalue weighted by Gasteiger charge is -2.16. The van der Waals surface area contributed by atoms with Gasteiger partial charge in [-0.1, -0.05) is 52.9 Å². The number of nitrogens with one attached hydrogen (secondary N) is 1. The first-order valence-corrected chi connectivity index (χ1v) is 9.08. The molecule has 1 rings (SSSR count). The third-order valence-electron chi connectivity index (χ3n) is 4.50. The zero-order chi connectivity index (χ0) is 17.2. The van der Waals surface area contributed by atoms with Gasteiger partial charge in [-0.25, -0.2) is 0 Å². The van der Waals surface area contributed by atoms with Crippen LogP contribution in [-0.4, -0.2) is 35.7 Å². The maximum atomic E-state index is 12.1. The van der Waals surface area contributed by atoms with Gasteiger partial charge in [-0.15, -0.1) is 0 Å². The number of carbonyl (C=O) groups is 3. The third kappa shape index (κ3) is 6.71. The van der Waals surface area contributed by atoms with Crippen molar-refractivity contribution >= 4 is 17.7 Å². The molecule has 5 nitrogen and oxygen atoms in total. The van der Waals surface area contributed by atoms with Crippen LogP contribution in [0, 0.1) is 11.8 Å². The summed E-state index contributed by atoms with van der Waals surface area (Å²) >= 11 is 0. The van der Waals surface area contributed by atoms with Gasteiger partial charge in [0.2, 0.25) is 17.7 Å². The smallest absolute Gasteiger partial charge is 0.233 e. The quantitative estimate of drug-likeness (QED) is 0.469. The highest BCUT2D eigenvalue weighted by atomic mass is 16.2. The molecule has 0 saturated carbocycles. The maximum Gasteiger partial charge on any atom is 0.233 e. The summed E-state index contributed by atoms with van der Waals surface area (Å²) in [5.41, 5.74) is 0. The van der Waals surface area contributed by atoms with E-state index in [2.05, 4.69) is 12.2 Å². The summed E-state index contributed by atoms with van der Waals surface area (Å²) in [5, 5.41) is 2.87. The molecule has 0 aromatic carbocycles. The Hall–Kier alpha value is -1.39. The van der Waals surface area contributed by atoms with E-state index in [1.54, 1.807) is 0 Å². The molecule has 0 aromatic rings. The number of carbonyl (C=O) groups excluding carboxylic acids is 3. The summed E-state index contributed by atoms with van der Waals surface area (Å²) < 4.78 is 0. The second-order valence-electron chi connectivity index (χ2n) is 6.81. The summed E-state index contributed by atoms with van der Waals surface area (Å²) in [5.74, 6) is -0.384. The molecular formula is C18H32N2O3. The Morgan fingerprint density at radius 3 is 2.43 bits per heavy atom. The summed E-state index contributed by atoms with van der Waals surface area (Å²) in [6.07, 6.45) is 7.63. The normalized spacial score (nSPS) is 18.1. The summed E-state index contributed by atoms with van der Waals surface area (Å²) in [4.78, 5) is 37.1. The van der Waals surface area contributed by atoms with Crippen molar-refractivity contribution < 1.29 is 14.4 Å². The first-order valence-electron chi connectivity index (χ1n) is 9.08. The van der Waals surface area contributed by atoms with Gasteiger partial charge in [-0.2, -0.15) is 0 Å². The van der Waals surface area contributed by atoms with Crippen molar-refractivity contribution in [2.24, 2.45) is 11.8 Å². The lowest BCUT2D eigenvalue weighted by atomic mass is 9.94. The molecule has 0 aromatic heterocycles. The van der Waals surface area contributed by atoms with Crippen molar-refractivity contribution in [2.75, 3.05) is 13.1 Å². The Labute approximate surface area is 140 Å². The van der Waals surface area contributed by atoms with Crippen LogP contribution < -0.4 is 5.32 Å². The molecule has 1 atom stereocenters. The molecule has 0 aliphatic carbocycles. The molecule has 1 aliphatic rings. The molecule has 3 amide bonds. The van der Waals surface area contributed by atoms with E-state index >= 15 is 0 Å². The molecule has 1 unspecified atom stereocenters. The Morgan fingerprint density at radius 2 is 1.83 bits per heavy atom. The largest absolute Gasteiger partial charge is 0.356 e. The number of hydrogen-bond acceptors (Lipinski definition) is 3. The first-order chi connectivity index (χ1) is 11.0. The molecule has 0 spiro atoms. The maximum absolute atomic E-state index is 12.1. The van der Waals surface area contributed by atoms with E-state index in [-0.39, 0.29) is 48.9 Å². The van der Waals surface area contributed by atoms with Crippen LogP contribution in [0.4, 0.5) is 0 Å². The number of hydrogen-bond donors (Lipinski definition) is 1.